The topological polar surface area (TPSA) is 20.2 Å². The van der Waals surface area contributed by atoms with Gasteiger partial charge in [0.05, 0.1) is 6.10 Å². The Hall–Kier alpha value is -0.300. The van der Waals surface area contributed by atoms with Crippen LogP contribution in [0.5, 0.6) is 0 Å². The molecule has 0 amide bonds. The number of hydrogen-bond acceptors (Lipinski definition) is 1. The van der Waals surface area contributed by atoms with Crippen LogP contribution >= 0.6 is 0 Å². The van der Waals surface area contributed by atoms with Crippen molar-refractivity contribution >= 4 is 0 Å². The third-order valence-electron chi connectivity index (χ3n) is 2.77. The van der Waals surface area contributed by atoms with Crippen molar-refractivity contribution in [3.8, 4) is 0 Å². The maximum Gasteiger partial charge on any atom is 0.0750 e. The minimum absolute atomic E-state index is 0.150. The van der Waals surface area contributed by atoms with E-state index in [2.05, 4.69) is 19.9 Å². The van der Waals surface area contributed by atoms with Crippen molar-refractivity contribution in [2.45, 2.75) is 58.5 Å². The first-order chi connectivity index (χ1) is 6.20. The lowest BCUT2D eigenvalue weighted by Crippen LogP contribution is -2.13. The molecule has 1 atom stereocenters. The zero-order valence-electron chi connectivity index (χ0n) is 8.92. The molecule has 1 aliphatic rings. The molecule has 0 aromatic heterocycles. The fourth-order valence-corrected chi connectivity index (χ4v) is 1.84. The Bertz CT molecular complexity index is 170. The lowest BCUT2D eigenvalue weighted by atomic mass is 9.92. The normalized spacial score (nSPS) is 20.2. The van der Waals surface area contributed by atoms with Gasteiger partial charge in [-0.1, -0.05) is 19.9 Å². The fraction of sp³-hybridized carbons (Fsp3) is 0.833. The summed E-state index contributed by atoms with van der Waals surface area (Å²) in [6.07, 6.45) is 9.05. The third-order valence-corrected chi connectivity index (χ3v) is 2.77. The molecular weight excluding hydrogens is 160 g/mol. The average Bonchev–Trinajstić information content (AvgIpc) is 2.15. The van der Waals surface area contributed by atoms with E-state index in [0.29, 0.717) is 5.92 Å². The number of aliphatic hydroxyl groups excluding tert-OH is 1. The molecule has 1 rings (SSSR count). The van der Waals surface area contributed by atoms with E-state index in [-0.39, 0.29) is 6.10 Å². The van der Waals surface area contributed by atoms with Gasteiger partial charge in [0.25, 0.3) is 0 Å². The van der Waals surface area contributed by atoms with Crippen LogP contribution in [0.15, 0.2) is 11.6 Å². The summed E-state index contributed by atoms with van der Waals surface area (Å²) in [5.41, 5.74) is 1.30. The quantitative estimate of drug-likeness (QED) is 0.661. The van der Waals surface area contributed by atoms with E-state index in [1.807, 2.05) is 0 Å². The summed E-state index contributed by atoms with van der Waals surface area (Å²) in [6, 6.07) is 0. The van der Waals surface area contributed by atoms with Crippen molar-refractivity contribution in [1.29, 1.82) is 0 Å². The van der Waals surface area contributed by atoms with E-state index < -0.39 is 0 Å². The number of rotatable bonds is 4. The Labute approximate surface area is 81.9 Å². The van der Waals surface area contributed by atoms with Gasteiger partial charge in [-0.3, -0.25) is 0 Å². The zero-order valence-corrected chi connectivity index (χ0v) is 8.92. The summed E-state index contributed by atoms with van der Waals surface area (Å²) >= 11 is 0. The summed E-state index contributed by atoms with van der Waals surface area (Å²) in [4.78, 5) is 0. The standard InChI is InChI=1S/C12H22O/c1-10(2)8-9-12(13)11-6-4-3-5-7-11/h6,10,12-13H,3-5,7-9H2,1-2H3. The molecular formula is C12H22O. The molecule has 1 nitrogen and oxygen atoms in total. The van der Waals surface area contributed by atoms with Crippen LogP contribution in [0.1, 0.15) is 52.4 Å². The molecule has 0 saturated carbocycles. The molecule has 0 aliphatic heterocycles. The van der Waals surface area contributed by atoms with Gasteiger partial charge in [0.2, 0.25) is 0 Å². The van der Waals surface area contributed by atoms with E-state index in [4.69, 9.17) is 0 Å². The van der Waals surface area contributed by atoms with Crippen molar-refractivity contribution in [2.24, 2.45) is 5.92 Å². The van der Waals surface area contributed by atoms with E-state index in [1.54, 1.807) is 0 Å². The highest BCUT2D eigenvalue weighted by Gasteiger charge is 2.13. The SMILES string of the molecule is CC(C)CCC(O)C1=CCCCC1. The molecule has 0 saturated heterocycles. The Morgan fingerprint density at radius 2 is 2.08 bits per heavy atom. The zero-order chi connectivity index (χ0) is 9.68. The molecule has 0 aromatic carbocycles. The predicted molar refractivity (Wildman–Crippen MR) is 56.6 cm³/mol. The molecule has 0 bridgehead atoms. The van der Waals surface area contributed by atoms with Crippen LogP contribution in [0.25, 0.3) is 0 Å². The van der Waals surface area contributed by atoms with Gasteiger partial charge >= 0.3 is 0 Å². The van der Waals surface area contributed by atoms with Gasteiger partial charge in [-0.25, -0.2) is 0 Å². The Balaban J connectivity index is 2.29. The maximum absolute atomic E-state index is 9.85. The van der Waals surface area contributed by atoms with Gasteiger partial charge in [-0.05, 0) is 50.0 Å². The highest BCUT2D eigenvalue weighted by molar-refractivity contribution is 5.10. The molecule has 1 N–H and O–H groups in total. The summed E-state index contributed by atoms with van der Waals surface area (Å²) in [5.74, 6) is 0.707. The van der Waals surface area contributed by atoms with E-state index in [0.717, 1.165) is 19.3 Å². The summed E-state index contributed by atoms with van der Waals surface area (Å²) in [6.45, 7) is 4.42. The molecule has 1 heteroatoms. The van der Waals surface area contributed by atoms with Gasteiger partial charge in [0, 0.05) is 0 Å². The summed E-state index contributed by atoms with van der Waals surface area (Å²) in [7, 11) is 0. The Kier molecular flexibility index (Phi) is 4.51. The smallest absolute Gasteiger partial charge is 0.0750 e. The van der Waals surface area contributed by atoms with Crippen molar-refractivity contribution in [3.05, 3.63) is 11.6 Å². The number of aliphatic hydroxyl groups is 1. The van der Waals surface area contributed by atoms with Crippen molar-refractivity contribution in [3.63, 3.8) is 0 Å². The van der Waals surface area contributed by atoms with Crippen molar-refractivity contribution in [1.82, 2.24) is 0 Å². The van der Waals surface area contributed by atoms with E-state index in [9.17, 15) is 5.11 Å². The Morgan fingerprint density at radius 3 is 2.62 bits per heavy atom. The van der Waals surface area contributed by atoms with E-state index in [1.165, 1.54) is 24.8 Å². The molecule has 76 valence electrons. The number of allylic oxidation sites excluding steroid dienone is 1. The van der Waals surface area contributed by atoms with Crippen LogP contribution in [-0.2, 0) is 0 Å². The second-order valence-electron chi connectivity index (χ2n) is 4.51. The maximum atomic E-state index is 9.85. The van der Waals surface area contributed by atoms with Crippen molar-refractivity contribution in [2.75, 3.05) is 0 Å². The van der Waals surface area contributed by atoms with Crippen LogP contribution in [0.3, 0.4) is 0 Å². The predicted octanol–water partition coefficient (Wildman–Crippen LogP) is 3.28. The average molecular weight is 182 g/mol. The summed E-state index contributed by atoms with van der Waals surface area (Å²) in [5, 5.41) is 9.85. The highest BCUT2D eigenvalue weighted by atomic mass is 16.3. The lowest BCUT2D eigenvalue weighted by Gasteiger charge is -2.19. The molecule has 0 spiro atoms. The summed E-state index contributed by atoms with van der Waals surface area (Å²) < 4.78 is 0. The van der Waals surface area contributed by atoms with Crippen LogP contribution < -0.4 is 0 Å². The van der Waals surface area contributed by atoms with Crippen LogP contribution in [0.4, 0.5) is 0 Å². The van der Waals surface area contributed by atoms with Gasteiger partial charge in [-0.15, -0.1) is 0 Å². The van der Waals surface area contributed by atoms with Crippen LogP contribution in [-0.4, -0.2) is 11.2 Å². The molecule has 0 radical (unpaired) electrons. The van der Waals surface area contributed by atoms with Crippen molar-refractivity contribution < 1.29 is 5.11 Å². The van der Waals surface area contributed by atoms with Gasteiger partial charge in [0.15, 0.2) is 0 Å². The van der Waals surface area contributed by atoms with Gasteiger partial charge < -0.3 is 5.11 Å². The number of hydrogen-bond donors (Lipinski definition) is 1. The second-order valence-corrected chi connectivity index (χ2v) is 4.51. The molecule has 0 heterocycles. The first-order valence-corrected chi connectivity index (χ1v) is 5.57. The van der Waals surface area contributed by atoms with Crippen LogP contribution in [0, 0.1) is 5.92 Å². The third kappa shape index (κ3) is 3.95. The Morgan fingerprint density at radius 1 is 1.31 bits per heavy atom. The lowest BCUT2D eigenvalue weighted by molar-refractivity contribution is 0.185. The fourth-order valence-electron chi connectivity index (χ4n) is 1.84. The van der Waals surface area contributed by atoms with Crippen LogP contribution in [0.2, 0.25) is 0 Å². The minimum atomic E-state index is -0.150. The molecule has 13 heavy (non-hydrogen) atoms. The van der Waals surface area contributed by atoms with E-state index >= 15 is 0 Å². The largest absolute Gasteiger partial charge is 0.389 e. The molecule has 0 aromatic rings. The first-order valence-electron chi connectivity index (χ1n) is 5.57. The monoisotopic (exact) mass is 182 g/mol. The second kappa shape index (κ2) is 5.43. The molecule has 1 unspecified atom stereocenters. The highest BCUT2D eigenvalue weighted by Crippen LogP contribution is 2.23. The van der Waals surface area contributed by atoms with Gasteiger partial charge in [-0.2, -0.15) is 0 Å². The molecule has 0 fully saturated rings. The van der Waals surface area contributed by atoms with Gasteiger partial charge in [0.1, 0.15) is 0 Å². The first kappa shape index (κ1) is 10.8. The minimum Gasteiger partial charge on any atom is -0.389 e. The molecule has 1 aliphatic carbocycles.